The van der Waals surface area contributed by atoms with Gasteiger partial charge in [-0.05, 0) is 48.5 Å². The second kappa shape index (κ2) is 10.4. The van der Waals surface area contributed by atoms with Gasteiger partial charge in [0.2, 0.25) is 17.7 Å². The zero-order valence-corrected chi connectivity index (χ0v) is 21.5. The summed E-state index contributed by atoms with van der Waals surface area (Å²) in [5.41, 5.74) is 6.56. The molecule has 14 nitrogen and oxygen atoms in total. The van der Waals surface area contributed by atoms with Crippen molar-refractivity contribution in [1.82, 2.24) is 40.6 Å². The Hall–Kier alpha value is -3.33. The van der Waals surface area contributed by atoms with E-state index in [-0.39, 0.29) is 59.7 Å². The quantitative estimate of drug-likeness (QED) is 0.202. The van der Waals surface area contributed by atoms with Crippen molar-refractivity contribution in [2.75, 3.05) is 19.6 Å². The van der Waals surface area contributed by atoms with Gasteiger partial charge in [0.25, 0.3) is 0 Å². The molecule has 2 unspecified atom stereocenters. The van der Waals surface area contributed by atoms with Crippen molar-refractivity contribution >= 4 is 31.0 Å². The molecule has 0 saturated carbocycles. The van der Waals surface area contributed by atoms with Crippen LogP contribution in [0, 0.1) is 11.8 Å². The molecule has 203 valence electrons. The minimum Gasteiger partial charge on any atom is -0.477 e. The molecule has 3 fully saturated rings. The van der Waals surface area contributed by atoms with Crippen molar-refractivity contribution in [3.05, 3.63) is 17.5 Å². The largest absolute Gasteiger partial charge is 0.477 e. The Kier molecular flexibility index (Phi) is 7.22. The molecule has 0 aromatic carbocycles. The highest BCUT2D eigenvalue weighted by Crippen LogP contribution is 2.47. The van der Waals surface area contributed by atoms with Crippen molar-refractivity contribution in [3.63, 3.8) is 0 Å². The predicted molar refractivity (Wildman–Crippen MR) is 133 cm³/mol. The van der Waals surface area contributed by atoms with E-state index in [9.17, 15) is 24.3 Å². The fourth-order valence-corrected chi connectivity index (χ4v) is 6.29. The second-order valence-electron chi connectivity index (χ2n) is 10.8. The minimum absolute atomic E-state index is 0.00116. The number of aromatic nitrogens is 4. The number of carbonyl (C=O) groups excluding carboxylic acids is 3. The number of amides is 3. The number of β-lactam (4-membered cyclic amide) rings is 1. The monoisotopic (exact) mass is 526 g/mol. The van der Waals surface area contributed by atoms with E-state index in [0.29, 0.717) is 38.1 Å². The van der Waals surface area contributed by atoms with Gasteiger partial charge in [0, 0.05) is 31.6 Å². The number of fused-ring (bicyclic) bond motifs is 1. The molecule has 0 aliphatic carbocycles. The Bertz CT molecular complexity index is 1140. The number of nitrogens with one attached hydrogen (secondary N) is 2. The highest BCUT2D eigenvalue weighted by atomic mass is 16.4. The highest BCUT2D eigenvalue weighted by molar-refractivity contribution is 6.49. The Balaban J connectivity index is 1.21. The van der Waals surface area contributed by atoms with E-state index in [1.165, 1.54) is 15.9 Å². The third kappa shape index (κ3) is 4.80. The molecule has 38 heavy (non-hydrogen) atoms. The molecular weight excluding hydrogens is 493 g/mol. The summed E-state index contributed by atoms with van der Waals surface area (Å²) in [6.45, 7) is 5.76. The molecule has 5 heterocycles. The molecule has 5 N–H and O–H groups in total. The van der Waals surface area contributed by atoms with Crippen LogP contribution in [0.25, 0.3) is 0 Å². The lowest BCUT2D eigenvalue weighted by molar-refractivity contribution is -0.158. The molecule has 1 aromatic heterocycles. The van der Waals surface area contributed by atoms with Crippen LogP contribution in [-0.2, 0) is 25.7 Å². The molecule has 15 heteroatoms. The maximum atomic E-state index is 13.1. The number of nitrogens with zero attached hydrogens (tertiary/aromatic N) is 6. The molecule has 3 amide bonds. The number of aliphatic carboxylic acids is 1. The summed E-state index contributed by atoms with van der Waals surface area (Å²) < 4.78 is 1.45. The average Bonchev–Trinajstić information content (AvgIpc) is 3.66. The number of hydrogen-bond acceptors (Lipinski definition) is 9. The summed E-state index contributed by atoms with van der Waals surface area (Å²) in [6.07, 6.45) is 2.92. The number of likely N-dealkylation sites (tertiary alicyclic amines) is 1. The van der Waals surface area contributed by atoms with Crippen molar-refractivity contribution < 1.29 is 24.3 Å². The third-order valence-electron chi connectivity index (χ3n) is 8.21. The van der Waals surface area contributed by atoms with Crippen molar-refractivity contribution in [1.29, 1.82) is 0 Å². The summed E-state index contributed by atoms with van der Waals surface area (Å²) >= 11 is 0. The van der Waals surface area contributed by atoms with Crippen molar-refractivity contribution in [2.45, 2.75) is 69.6 Å². The number of carboxylic acid groups (broad SMARTS) is 1. The predicted octanol–water partition coefficient (Wildman–Crippen LogP) is -2.24. The molecule has 7 atom stereocenters. The van der Waals surface area contributed by atoms with E-state index in [1.807, 2.05) is 14.2 Å². The smallest absolute Gasteiger partial charge is 0.351 e. The van der Waals surface area contributed by atoms with Crippen LogP contribution in [0.4, 0.5) is 0 Å². The summed E-state index contributed by atoms with van der Waals surface area (Å²) in [6, 6.07) is -1.14. The van der Waals surface area contributed by atoms with Gasteiger partial charge in [-0.3, -0.25) is 14.4 Å². The van der Waals surface area contributed by atoms with Gasteiger partial charge < -0.3 is 31.3 Å². The number of hydrogen-bond donors (Lipinski definition) is 4. The van der Waals surface area contributed by atoms with Gasteiger partial charge in [0.1, 0.15) is 12.0 Å². The molecule has 4 aliphatic rings. The number of carbonyl (C=O) groups is 4. The lowest BCUT2D eigenvalue weighted by Crippen LogP contribution is -2.66. The number of aryl methyl sites for hydroxylation is 1. The molecular formula is C23H33BN9O5. The van der Waals surface area contributed by atoms with Gasteiger partial charge in [0.05, 0.1) is 24.5 Å². The summed E-state index contributed by atoms with van der Waals surface area (Å²) in [5, 5.41) is 27.0. The van der Waals surface area contributed by atoms with Gasteiger partial charge in [-0.25, -0.2) is 9.48 Å². The molecule has 5 rings (SSSR count). The summed E-state index contributed by atoms with van der Waals surface area (Å²) in [4.78, 5) is 53.9. The second-order valence-corrected chi connectivity index (χ2v) is 10.8. The maximum absolute atomic E-state index is 13.1. The molecule has 0 bridgehead atoms. The number of carboxylic acids is 1. The minimum atomic E-state index is -1.15. The lowest BCUT2D eigenvalue weighted by atomic mass is 9.53. The zero-order chi connectivity index (χ0) is 27.1. The van der Waals surface area contributed by atoms with Gasteiger partial charge in [-0.15, -0.1) is 5.10 Å². The normalized spacial score (nSPS) is 31.3. The molecule has 3 saturated heterocycles. The lowest BCUT2D eigenvalue weighted by Gasteiger charge is -2.48. The Morgan fingerprint density at radius 2 is 2.16 bits per heavy atom. The van der Waals surface area contributed by atoms with Crippen LogP contribution in [0.3, 0.4) is 0 Å². The molecule has 1 radical (unpaired) electrons. The fraction of sp³-hybridized carbons (Fsp3) is 0.696. The van der Waals surface area contributed by atoms with Crippen LogP contribution in [0.5, 0.6) is 0 Å². The van der Waals surface area contributed by atoms with Gasteiger partial charge in [-0.1, -0.05) is 12.4 Å². The van der Waals surface area contributed by atoms with Crippen LogP contribution in [0.15, 0.2) is 17.5 Å². The van der Waals surface area contributed by atoms with Crippen molar-refractivity contribution in [2.24, 2.45) is 17.6 Å². The highest BCUT2D eigenvalue weighted by Gasteiger charge is 2.60. The van der Waals surface area contributed by atoms with Gasteiger partial charge in [0.15, 0.2) is 7.28 Å². The van der Waals surface area contributed by atoms with E-state index < -0.39 is 17.9 Å². The Labute approximate surface area is 220 Å². The zero-order valence-electron chi connectivity index (χ0n) is 21.5. The van der Waals surface area contributed by atoms with Crippen molar-refractivity contribution in [3.8, 4) is 0 Å². The van der Waals surface area contributed by atoms with E-state index in [0.717, 1.165) is 6.42 Å². The summed E-state index contributed by atoms with van der Waals surface area (Å²) in [7, 11) is 1.92. The third-order valence-corrected chi connectivity index (χ3v) is 8.21. The summed E-state index contributed by atoms with van der Waals surface area (Å²) in [5.74, 6) is -2.46. The van der Waals surface area contributed by atoms with E-state index in [1.54, 1.807) is 11.8 Å². The topological polar surface area (TPSA) is 189 Å². The molecule has 1 aromatic rings. The van der Waals surface area contributed by atoms with Gasteiger partial charge >= 0.3 is 5.97 Å². The van der Waals surface area contributed by atoms with E-state index in [4.69, 9.17) is 5.73 Å². The number of tetrazole rings is 1. The Morgan fingerprint density at radius 1 is 1.37 bits per heavy atom. The van der Waals surface area contributed by atoms with E-state index in [2.05, 4.69) is 26.2 Å². The van der Waals surface area contributed by atoms with Crippen LogP contribution >= 0.6 is 0 Å². The van der Waals surface area contributed by atoms with Crippen LogP contribution in [0.1, 0.15) is 33.1 Å². The van der Waals surface area contributed by atoms with Gasteiger partial charge in [-0.2, -0.15) is 0 Å². The van der Waals surface area contributed by atoms with Crippen LogP contribution in [0.2, 0.25) is 5.82 Å². The van der Waals surface area contributed by atoms with Crippen LogP contribution in [-0.4, -0.2) is 110 Å². The maximum Gasteiger partial charge on any atom is 0.351 e. The number of rotatable bonds is 9. The first-order chi connectivity index (χ1) is 18.2. The average molecular weight is 526 g/mol. The fourth-order valence-electron chi connectivity index (χ4n) is 6.29. The number of nitrogens with two attached hydrogens (primary N) is 1. The SMILES string of the molecule is C[C@@H](NC(=O)CCn1cnnn1)[C@H]1C(=O)N2C(C(=O)O)=C([B]C3CNC(C(=O)N4CC[C@H](N)C4)C3)[C@H](C)[C@@H]12. The first-order valence-electron chi connectivity index (χ1n) is 13.1. The van der Waals surface area contributed by atoms with Crippen LogP contribution < -0.4 is 16.4 Å². The standard InChI is InChI=1S/C23H33BN9O5/c1-11-18(24-13-7-15(26-8-13)21(35)31-5-3-14(25)9-31)20(23(37)38)33-19(11)17(22(33)36)12(2)28-16(34)4-6-32-10-27-29-30-32/h10-15,17,19,26H,3-9,25H2,1-2H3,(H,28,34)(H,37,38)/t11-,12+,13?,14-,15?,17+,19-/m0/s1. The molecule has 4 aliphatic heterocycles. The molecule has 0 spiro atoms. The van der Waals surface area contributed by atoms with E-state index >= 15 is 0 Å². The first kappa shape index (κ1) is 26.3. The first-order valence-corrected chi connectivity index (χ1v) is 13.1. The Morgan fingerprint density at radius 3 is 2.82 bits per heavy atom.